The van der Waals surface area contributed by atoms with Crippen LogP contribution in [0, 0.1) is 17.8 Å². The Kier molecular flexibility index (Phi) is 20.0. The quantitative estimate of drug-likeness (QED) is 0.144. The lowest BCUT2D eigenvalue weighted by molar-refractivity contribution is -0.158. The van der Waals surface area contributed by atoms with Crippen LogP contribution in [0.25, 0.3) is 0 Å². The molecule has 12 atom stereocenters. The Morgan fingerprint density at radius 1 is 0.738 bits per heavy atom. The first-order valence-corrected chi connectivity index (χ1v) is 33.6. The van der Waals surface area contributed by atoms with Gasteiger partial charge < -0.3 is 32.6 Å². The molecule has 3 aliphatic rings. The first-order valence-electron chi connectivity index (χ1n) is 24.9. The van der Waals surface area contributed by atoms with Gasteiger partial charge in [-0.25, -0.2) is 0 Å². The number of esters is 1. The summed E-state index contributed by atoms with van der Waals surface area (Å²) in [7, 11) is -7.23. The first-order chi connectivity index (χ1) is 29.5. The minimum absolute atomic E-state index is 0.0440. The Morgan fingerprint density at radius 3 is 1.85 bits per heavy atom. The number of Topliss-reactive ketones (excluding diaryl/α,β-unsaturated/α-hetero) is 1. The summed E-state index contributed by atoms with van der Waals surface area (Å²) in [6.45, 7) is 51.2. The van der Waals surface area contributed by atoms with Crippen molar-refractivity contribution in [1.29, 1.82) is 0 Å². The van der Waals surface area contributed by atoms with E-state index in [2.05, 4.69) is 128 Å². The van der Waals surface area contributed by atoms with E-state index >= 15 is 0 Å². The molecule has 4 bridgehead atoms. The predicted molar refractivity (Wildman–Crippen MR) is 276 cm³/mol. The number of hydrogen-bond donors (Lipinski definition) is 1. The molecular formula is C53H96O9Si3. The number of hydrogen-bond acceptors (Lipinski definition) is 9. The van der Waals surface area contributed by atoms with Gasteiger partial charge in [0.05, 0.1) is 49.1 Å². The molecule has 0 radical (unpaired) electrons. The van der Waals surface area contributed by atoms with E-state index < -0.39 is 55.5 Å². The van der Waals surface area contributed by atoms with Crippen LogP contribution >= 0.6 is 0 Å². The van der Waals surface area contributed by atoms with Gasteiger partial charge in [-0.05, 0) is 124 Å². The Hall–Kier alpha value is -1.49. The lowest BCUT2D eigenvalue weighted by atomic mass is 9.86. The fourth-order valence-electron chi connectivity index (χ4n) is 8.19. The van der Waals surface area contributed by atoms with Crippen molar-refractivity contribution in [2.24, 2.45) is 17.8 Å². The minimum Gasteiger partial charge on any atom is -0.455 e. The van der Waals surface area contributed by atoms with Crippen LogP contribution in [0.5, 0.6) is 0 Å². The molecule has 0 unspecified atom stereocenters. The van der Waals surface area contributed by atoms with Crippen molar-refractivity contribution in [1.82, 2.24) is 0 Å². The molecule has 0 spiro atoms. The molecule has 3 heterocycles. The highest BCUT2D eigenvalue weighted by molar-refractivity contribution is 6.75. The zero-order valence-corrected chi connectivity index (χ0v) is 48.1. The van der Waals surface area contributed by atoms with Crippen LogP contribution in [0.15, 0.2) is 47.6 Å². The van der Waals surface area contributed by atoms with Crippen LogP contribution in [0.4, 0.5) is 0 Å². The number of carbonyl (C=O) groups excluding carboxylic acids is 2. The maximum atomic E-state index is 14.0. The molecule has 3 rings (SSSR count). The number of rotatable bonds is 8. The van der Waals surface area contributed by atoms with Crippen LogP contribution in [0.1, 0.15) is 149 Å². The van der Waals surface area contributed by atoms with E-state index in [4.69, 9.17) is 34.1 Å². The number of aliphatic hydroxyl groups is 1. The van der Waals surface area contributed by atoms with E-state index in [1.54, 1.807) is 0 Å². The van der Waals surface area contributed by atoms with Gasteiger partial charge in [-0.3, -0.25) is 9.59 Å². The predicted octanol–water partition coefficient (Wildman–Crippen LogP) is 13.2. The van der Waals surface area contributed by atoms with Crippen LogP contribution in [-0.4, -0.2) is 96.7 Å². The highest BCUT2D eigenvalue weighted by Crippen LogP contribution is 2.45. The first kappa shape index (κ1) is 57.8. The lowest BCUT2D eigenvalue weighted by Crippen LogP contribution is -2.55. The van der Waals surface area contributed by atoms with E-state index in [1.165, 1.54) is 0 Å². The number of ketones is 1. The largest absolute Gasteiger partial charge is 0.455 e. The summed E-state index contributed by atoms with van der Waals surface area (Å²) < 4.78 is 42.1. The molecular weight excluding hydrogens is 865 g/mol. The normalized spacial score (nSPS) is 33.8. The van der Waals surface area contributed by atoms with Crippen molar-refractivity contribution in [3.8, 4) is 0 Å². The fraction of sp³-hybridized carbons (Fsp3) is 0.811. The standard InChI is InChI=1S/C53H96O9Si3/c1-34(2)24-23-25-43-44-27-26-41(57-44)31-40(54)29-36(4)42(55)32-46(60-63(17,18)51(8,9)10)39(7)35(3)28-38(6)49(61-64(19,20)52(11,12)13)50(62-65(21,22)53(14,15)16)47-30-37(5)45(58-47)33-48(56)59-43/h23-25,28,36-37,39,41-47,49-50,55H,6,26-27,29-33H2,1-5,7-22H3/b25-23+,35-28+/t36-,37+,39+,41+,42+,43+,44+,45-,46-,47+,49+,50-/m0/s1. The van der Waals surface area contributed by atoms with Gasteiger partial charge in [-0.2, -0.15) is 0 Å². The average molecular weight is 962 g/mol. The SMILES string of the molecule is C=C1/C=C(\C)[C@@H](C)[C@@H](O[Si](C)(C)C(C)(C)C)C[C@@H](O)[C@@H](C)CC(=O)C[C@H]2CC[C@@H](O2)[C@@H](/C=C/C=C(C)C)OC(=O)C[C@@H]2O[C@H](C[C@H]2C)[C@H](O[Si](C)(C)C(C)(C)C)[C@@H]1O[Si](C)(C)C(C)(C)C. The van der Waals surface area contributed by atoms with Crippen molar-refractivity contribution in [3.63, 3.8) is 0 Å². The van der Waals surface area contributed by atoms with Gasteiger partial charge in [0.2, 0.25) is 0 Å². The molecule has 65 heavy (non-hydrogen) atoms. The second kappa shape index (κ2) is 22.5. The topological polar surface area (TPSA) is 110 Å². The summed E-state index contributed by atoms with van der Waals surface area (Å²) in [6.07, 6.45) is 6.84. The fourth-order valence-corrected chi connectivity index (χ4v) is 12.2. The molecule has 2 saturated heterocycles. The van der Waals surface area contributed by atoms with Gasteiger partial charge in [0.25, 0.3) is 0 Å². The molecule has 0 aromatic carbocycles. The number of fused-ring (bicyclic) bond motifs is 4. The summed E-state index contributed by atoms with van der Waals surface area (Å²) in [5.74, 6) is -0.620. The van der Waals surface area contributed by atoms with E-state index in [1.807, 2.05) is 39.0 Å². The third-order valence-electron chi connectivity index (χ3n) is 16.0. The molecule has 12 heteroatoms. The Morgan fingerprint density at radius 2 is 1.29 bits per heavy atom. The highest BCUT2D eigenvalue weighted by atomic mass is 28.4. The maximum Gasteiger partial charge on any atom is 0.309 e. The van der Waals surface area contributed by atoms with Crippen molar-refractivity contribution in [2.75, 3.05) is 0 Å². The highest BCUT2D eigenvalue weighted by Gasteiger charge is 2.51. The number of cyclic esters (lactones) is 1. The Bertz CT molecular complexity index is 1710. The van der Waals surface area contributed by atoms with Gasteiger partial charge in [-0.1, -0.05) is 119 Å². The van der Waals surface area contributed by atoms with Crippen LogP contribution in [0.2, 0.25) is 54.4 Å². The minimum atomic E-state index is -2.46. The van der Waals surface area contributed by atoms with Gasteiger partial charge in [0.1, 0.15) is 18.0 Å². The van der Waals surface area contributed by atoms with Gasteiger partial charge >= 0.3 is 5.97 Å². The molecule has 0 amide bonds. The van der Waals surface area contributed by atoms with Crippen LogP contribution in [-0.2, 0) is 37.1 Å². The summed E-state index contributed by atoms with van der Waals surface area (Å²) in [4.78, 5) is 27.7. The number of carbonyl (C=O) groups is 2. The second-order valence-electron chi connectivity index (χ2n) is 25.1. The van der Waals surface area contributed by atoms with E-state index in [-0.39, 0.29) is 88.3 Å². The summed E-state index contributed by atoms with van der Waals surface area (Å²) in [5.41, 5.74) is 3.01. The third-order valence-corrected chi connectivity index (χ3v) is 29.5. The number of allylic oxidation sites excluding steroid dienone is 3. The smallest absolute Gasteiger partial charge is 0.309 e. The van der Waals surface area contributed by atoms with E-state index in [0.717, 1.165) is 16.7 Å². The van der Waals surface area contributed by atoms with Crippen molar-refractivity contribution < 1.29 is 42.2 Å². The summed E-state index contributed by atoms with van der Waals surface area (Å²) in [5, 5.41) is 11.7. The molecule has 2 fully saturated rings. The second-order valence-corrected chi connectivity index (χ2v) is 39.4. The average Bonchev–Trinajstić information content (AvgIpc) is 3.75. The summed E-state index contributed by atoms with van der Waals surface area (Å²) in [6, 6.07) is 0. The molecule has 0 aromatic rings. The van der Waals surface area contributed by atoms with Crippen LogP contribution in [0.3, 0.4) is 0 Å². The zero-order chi connectivity index (χ0) is 49.8. The van der Waals surface area contributed by atoms with Gasteiger partial charge in [0, 0.05) is 18.8 Å². The molecule has 374 valence electrons. The van der Waals surface area contributed by atoms with Crippen molar-refractivity contribution in [2.45, 2.75) is 258 Å². The summed E-state index contributed by atoms with van der Waals surface area (Å²) >= 11 is 0. The molecule has 0 saturated carbocycles. The van der Waals surface area contributed by atoms with E-state index in [0.29, 0.717) is 25.7 Å². The molecule has 1 N–H and O–H groups in total. The molecule has 3 aliphatic heterocycles. The lowest BCUT2D eigenvalue weighted by Gasteiger charge is -2.47. The van der Waals surface area contributed by atoms with Crippen LogP contribution < -0.4 is 0 Å². The van der Waals surface area contributed by atoms with Crippen molar-refractivity contribution in [3.05, 3.63) is 47.6 Å². The zero-order valence-electron chi connectivity index (χ0n) is 45.1. The van der Waals surface area contributed by atoms with E-state index in [9.17, 15) is 14.7 Å². The third kappa shape index (κ3) is 16.0. The Labute approximate surface area is 400 Å². The van der Waals surface area contributed by atoms with Gasteiger partial charge in [0.15, 0.2) is 25.0 Å². The van der Waals surface area contributed by atoms with Gasteiger partial charge in [-0.15, -0.1) is 0 Å². The Balaban J connectivity index is 2.26. The molecule has 0 aliphatic carbocycles. The molecule has 0 aromatic heterocycles. The maximum absolute atomic E-state index is 14.0. The number of aliphatic hydroxyl groups excluding tert-OH is 1. The van der Waals surface area contributed by atoms with Crippen molar-refractivity contribution >= 4 is 36.7 Å². The monoisotopic (exact) mass is 961 g/mol. The number of ether oxygens (including phenoxy) is 3. The molecule has 9 nitrogen and oxygen atoms in total.